The third-order valence-electron chi connectivity index (χ3n) is 3.30. The van der Waals surface area contributed by atoms with Crippen LogP contribution in [0.2, 0.25) is 10.0 Å². The van der Waals surface area contributed by atoms with Crippen molar-refractivity contribution in [3.05, 3.63) is 63.9 Å². The maximum absolute atomic E-state index is 12.7. The summed E-state index contributed by atoms with van der Waals surface area (Å²) < 4.78 is 0. The highest BCUT2D eigenvalue weighted by Crippen LogP contribution is 2.26. The lowest BCUT2D eigenvalue weighted by Crippen LogP contribution is -2.33. The molecule has 7 heteroatoms. The van der Waals surface area contributed by atoms with E-state index in [0.717, 1.165) is 5.56 Å². The first-order valence-electron chi connectivity index (χ1n) is 6.98. The molecule has 0 radical (unpaired) electrons. The molecule has 1 aliphatic heterocycles. The van der Waals surface area contributed by atoms with Crippen LogP contribution in [0.15, 0.2) is 47.7 Å². The van der Waals surface area contributed by atoms with Gasteiger partial charge in [0.2, 0.25) is 0 Å². The number of halogens is 2. The number of carbonyl (C=O) groups excluding carboxylic acids is 1. The largest absolute Gasteiger partial charge is 0.286 e. The predicted molar refractivity (Wildman–Crippen MR) is 95.3 cm³/mol. The summed E-state index contributed by atoms with van der Waals surface area (Å²) in [6.45, 7) is 1.15. The van der Waals surface area contributed by atoms with Gasteiger partial charge in [-0.1, -0.05) is 41.0 Å². The molecule has 2 heterocycles. The molecular formula is C16H13Cl2N3OS. The first-order valence-corrected chi connectivity index (χ1v) is 8.72. The summed E-state index contributed by atoms with van der Waals surface area (Å²) in [5.41, 5.74) is 1.48. The second-order valence-electron chi connectivity index (χ2n) is 4.90. The van der Waals surface area contributed by atoms with E-state index in [1.807, 2.05) is 18.3 Å². The van der Waals surface area contributed by atoms with E-state index in [9.17, 15) is 4.79 Å². The second kappa shape index (κ2) is 7.34. The van der Waals surface area contributed by atoms with Gasteiger partial charge >= 0.3 is 0 Å². The van der Waals surface area contributed by atoms with Crippen molar-refractivity contribution in [2.45, 2.75) is 5.75 Å². The van der Waals surface area contributed by atoms with Crippen LogP contribution in [0.5, 0.6) is 0 Å². The van der Waals surface area contributed by atoms with Crippen LogP contribution in [0.1, 0.15) is 15.9 Å². The standard InChI is InChI=1S/C16H13Cl2N3OS/c17-12-3-4-14(18)13(8-12)15(22)21-7-6-20-16(21)23-10-11-2-1-5-19-9-11/h1-5,8-9H,6-7,10H2. The number of benzene rings is 1. The zero-order valence-electron chi connectivity index (χ0n) is 12.1. The molecule has 0 saturated carbocycles. The molecule has 0 bridgehead atoms. The fourth-order valence-corrected chi connectivity index (χ4v) is 3.53. The maximum atomic E-state index is 12.7. The van der Waals surface area contributed by atoms with Crippen LogP contribution in [0.4, 0.5) is 0 Å². The fourth-order valence-electron chi connectivity index (χ4n) is 2.18. The molecule has 1 aliphatic rings. The number of carbonyl (C=O) groups is 1. The first-order chi connectivity index (χ1) is 11.1. The topological polar surface area (TPSA) is 45.6 Å². The Kier molecular flexibility index (Phi) is 5.20. The number of thioether (sulfide) groups is 1. The van der Waals surface area contributed by atoms with Crippen LogP contribution < -0.4 is 0 Å². The summed E-state index contributed by atoms with van der Waals surface area (Å²) in [4.78, 5) is 22.9. The highest BCUT2D eigenvalue weighted by Gasteiger charge is 2.26. The lowest BCUT2D eigenvalue weighted by molar-refractivity contribution is 0.0861. The van der Waals surface area contributed by atoms with E-state index in [4.69, 9.17) is 23.2 Å². The van der Waals surface area contributed by atoms with Crippen molar-refractivity contribution in [1.29, 1.82) is 0 Å². The number of aliphatic imine (C=N–C) groups is 1. The Hall–Kier alpha value is -1.56. The highest BCUT2D eigenvalue weighted by molar-refractivity contribution is 8.13. The second-order valence-corrected chi connectivity index (χ2v) is 6.68. The van der Waals surface area contributed by atoms with Crippen molar-refractivity contribution in [3.8, 4) is 0 Å². The van der Waals surface area contributed by atoms with Crippen LogP contribution in [-0.2, 0) is 5.75 Å². The number of rotatable bonds is 3. The molecular weight excluding hydrogens is 353 g/mol. The average Bonchev–Trinajstić information content (AvgIpc) is 3.04. The quantitative estimate of drug-likeness (QED) is 0.821. The normalized spacial score (nSPS) is 14.0. The molecule has 0 N–H and O–H groups in total. The number of nitrogens with zero attached hydrogens (tertiary/aromatic N) is 3. The molecule has 1 aromatic carbocycles. The van der Waals surface area contributed by atoms with Crippen molar-refractivity contribution < 1.29 is 4.79 Å². The molecule has 1 aromatic heterocycles. The van der Waals surface area contributed by atoms with Crippen molar-refractivity contribution in [3.63, 3.8) is 0 Å². The number of hydrogen-bond donors (Lipinski definition) is 0. The molecule has 0 spiro atoms. The molecule has 4 nitrogen and oxygen atoms in total. The van der Waals surface area contributed by atoms with Crippen LogP contribution in [0.3, 0.4) is 0 Å². The summed E-state index contributed by atoms with van der Waals surface area (Å²) in [5.74, 6) is 0.534. The molecule has 118 valence electrons. The Morgan fingerprint density at radius 2 is 2.17 bits per heavy atom. The third kappa shape index (κ3) is 3.86. The van der Waals surface area contributed by atoms with Gasteiger partial charge in [0.05, 0.1) is 17.1 Å². The molecule has 0 aliphatic carbocycles. The average molecular weight is 366 g/mol. The van der Waals surface area contributed by atoms with Crippen LogP contribution >= 0.6 is 35.0 Å². The third-order valence-corrected chi connectivity index (χ3v) is 4.95. The molecule has 0 saturated heterocycles. The van der Waals surface area contributed by atoms with Crippen LogP contribution in [-0.4, -0.2) is 34.0 Å². The van der Waals surface area contributed by atoms with Gasteiger partial charge in [-0.25, -0.2) is 0 Å². The Bertz CT molecular complexity index is 752. The van der Waals surface area contributed by atoms with Crippen molar-refractivity contribution in [2.24, 2.45) is 4.99 Å². The van der Waals surface area contributed by atoms with E-state index < -0.39 is 0 Å². The number of pyridine rings is 1. The van der Waals surface area contributed by atoms with E-state index in [1.165, 1.54) is 11.8 Å². The lowest BCUT2D eigenvalue weighted by Gasteiger charge is -2.18. The molecule has 3 rings (SSSR count). The van der Waals surface area contributed by atoms with Crippen molar-refractivity contribution in [2.75, 3.05) is 13.1 Å². The Morgan fingerprint density at radius 1 is 1.30 bits per heavy atom. The van der Waals surface area contributed by atoms with Gasteiger partial charge in [-0.05, 0) is 29.8 Å². The Morgan fingerprint density at radius 3 is 2.96 bits per heavy atom. The molecule has 0 unspecified atom stereocenters. The minimum absolute atomic E-state index is 0.174. The van der Waals surface area contributed by atoms with Crippen molar-refractivity contribution >= 4 is 46.0 Å². The Balaban J connectivity index is 1.73. The molecule has 1 amide bonds. The van der Waals surface area contributed by atoms with Crippen LogP contribution in [0, 0.1) is 0 Å². The van der Waals surface area contributed by atoms with Gasteiger partial charge in [0, 0.05) is 29.7 Å². The zero-order valence-corrected chi connectivity index (χ0v) is 14.4. The predicted octanol–water partition coefficient (Wildman–Crippen LogP) is 4.13. The minimum atomic E-state index is -0.174. The van der Waals surface area contributed by atoms with Crippen LogP contribution in [0.25, 0.3) is 0 Å². The first kappa shape index (κ1) is 16.3. The van der Waals surface area contributed by atoms with E-state index in [2.05, 4.69) is 9.98 Å². The van der Waals surface area contributed by atoms with Gasteiger partial charge in [-0.15, -0.1) is 0 Å². The summed E-state index contributed by atoms with van der Waals surface area (Å²) in [6.07, 6.45) is 3.54. The van der Waals surface area contributed by atoms with Crippen molar-refractivity contribution in [1.82, 2.24) is 9.88 Å². The number of amidine groups is 1. The van der Waals surface area contributed by atoms with Gasteiger partial charge in [0.15, 0.2) is 5.17 Å². The SMILES string of the molecule is O=C(c1cc(Cl)ccc1Cl)N1CCN=C1SCc1cccnc1. The van der Waals surface area contributed by atoms with Gasteiger partial charge < -0.3 is 0 Å². The van der Waals surface area contributed by atoms with E-state index >= 15 is 0 Å². The summed E-state index contributed by atoms with van der Waals surface area (Å²) >= 11 is 13.6. The molecule has 2 aromatic rings. The van der Waals surface area contributed by atoms with Gasteiger partial charge in [-0.2, -0.15) is 0 Å². The summed E-state index contributed by atoms with van der Waals surface area (Å²) in [6, 6.07) is 8.77. The van der Waals surface area contributed by atoms with E-state index in [-0.39, 0.29) is 5.91 Å². The maximum Gasteiger partial charge on any atom is 0.261 e. The summed E-state index contributed by atoms with van der Waals surface area (Å²) in [7, 11) is 0. The number of hydrogen-bond acceptors (Lipinski definition) is 4. The molecule has 0 fully saturated rings. The smallest absolute Gasteiger partial charge is 0.261 e. The minimum Gasteiger partial charge on any atom is -0.286 e. The van der Waals surface area contributed by atoms with Gasteiger partial charge in [0.25, 0.3) is 5.91 Å². The number of amides is 1. The molecule has 23 heavy (non-hydrogen) atoms. The zero-order chi connectivity index (χ0) is 16.2. The lowest BCUT2D eigenvalue weighted by atomic mass is 10.2. The van der Waals surface area contributed by atoms with Gasteiger partial charge in [-0.3, -0.25) is 19.7 Å². The number of aromatic nitrogens is 1. The van der Waals surface area contributed by atoms with E-state index in [0.29, 0.717) is 39.6 Å². The highest BCUT2D eigenvalue weighted by atomic mass is 35.5. The van der Waals surface area contributed by atoms with Gasteiger partial charge in [0.1, 0.15) is 0 Å². The van der Waals surface area contributed by atoms with E-state index in [1.54, 1.807) is 29.3 Å². The summed E-state index contributed by atoms with van der Waals surface area (Å²) in [5, 5.41) is 1.58. The monoisotopic (exact) mass is 365 g/mol. The molecule has 0 atom stereocenters. The Labute approximate surface area is 148 Å². The fraction of sp³-hybridized carbons (Fsp3) is 0.188.